The smallest absolute Gasteiger partial charge is 0.375 e. The third-order valence-electron chi connectivity index (χ3n) is 16.8. The molecule has 0 saturated heterocycles. The summed E-state index contributed by atoms with van der Waals surface area (Å²) in [7, 11) is 0. The van der Waals surface area contributed by atoms with E-state index in [0.717, 1.165) is 30.5 Å². The van der Waals surface area contributed by atoms with E-state index in [1.54, 1.807) is 0 Å². The Balaban J connectivity index is 1.26. The lowest BCUT2D eigenvalue weighted by atomic mass is 9.45. The molecule has 3 heterocycles. The number of nitrogens with zero attached hydrogens (tertiary/aromatic N) is 2. The fourth-order valence-electron chi connectivity index (χ4n) is 12.5. The molecule has 12 rings (SSSR count). The highest BCUT2D eigenvalue weighted by Gasteiger charge is 2.51. The van der Waals surface area contributed by atoms with Crippen molar-refractivity contribution in [3.05, 3.63) is 149 Å². The average molecular weight is 851 g/mol. The van der Waals surface area contributed by atoms with Crippen LogP contribution in [0.4, 0.5) is 28.4 Å². The zero-order chi connectivity index (χ0) is 45.3. The van der Waals surface area contributed by atoms with E-state index in [2.05, 4.69) is 208 Å². The summed E-state index contributed by atoms with van der Waals surface area (Å²) >= 11 is 0. The molecule has 65 heavy (non-hydrogen) atoms. The zero-order valence-electron chi connectivity index (χ0n) is 40.7. The Labute approximate surface area is 387 Å². The van der Waals surface area contributed by atoms with Gasteiger partial charge in [-0.05, 0) is 169 Å². The minimum absolute atomic E-state index is 0.0294. The number of hydrogen-bond acceptors (Lipinski definition) is 3. The van der Waals surface area contributed by atoms with Gasteiger partial charge in [-0.3, -0.25) is 0 Å². The van der Waals surface area contributed by atoms with Crippen molar-refractivity contribution in [2.24, 2.45) is 0 Å². The highest BCUT2D eigenvalue weighted by atomic mass is 16.3. The van der Waals surface area contributed by atoms with Crippen molar-refractivity contribution in [2.75, 3.05) is 9.71 Å². The van der Waals surface area contributed by atoms with Gasteiger partial charge in [0.05, 0.1) is 11.4 Å². The number of rotatable bonds is 2. The topological polar surface area (TPSA) is 19.6 Å². The quantitative estimate of drug-likeness (QED) is 0.162. The molecule has 0 unspecified atom stereocenters. The van der Waals surface area contributed by atoms with Gasteiger partial charge in [0.2, 0.25) is 0 Å². The molecule has 0 spiro atoms. The summed E-state index contributed by atoms with van der Waals surface area (Å²) in [5.41, 5.74) is 20.6. The Morgan fingerprint density at radius 1 is 0.523 bits per heavy atom. The van der Waals surface area contributed by atoms with Gasteiger partial charge < -0.3 is 14.1 Å². The highest BCUT2D eigenvalue weighted by Crippen LogP contribution is 2.56. The third-order valence-corrected chi connectivity index (χ3v) is 16.8. The van der Waals surface area contributed by atoms with Gasteiger partial charge in [0.15, 0.2) is 0 Å². The van der Waals surface area contributed by atoms with Gasteiger partial charge in [-0.2, -0.15) is 0 Å². The third kappa shape index (κ3) is 5.80. The van der Waals surface area contributed by atoms with E-state index in [-0.39, 0.29) is 33.9 Å². The van der Waals surface area contributed by atoms with Crippen molar-refractivity contribution in [1.29, 1.82) is 0 Å². The fourth-order valence-corrected chi connectivity index (χ4v) is 12.5. The molecule has 0 radical (unpaired) electrons. The second kappa shape index (κ2) is 13.2. The van der Waals surface area contributed by atoms with Crippen LogP contribution in [-0.2, 0) is 27.1 Å². The van der Waals surface area contributed by atoms with Gasteiger partial charge in [-0.15, -0.1) is 0 Å². The lowest BCUT2D eigenvalue weighted by Gasteiger charge is -2.46. The van der Waals surface area contributed by atoms with Crippen molar-refractivity contribution in [2.45, 2.75) is 136 Å². The first-order valence-corrected chi connectivity index (χ1v) is 24.3. The van der Waals surface area contributed by atoms with Crippen LogP contribution in [0.5, 0.6) is 0 Å². The van der Waals surface area contributed by atoms with E-state index in [1.807, 2.05) is 0 Å². The lowest BCUT2D eigenvalue weighted by molar-refractivity contribution is 0.332. The predicted octanol–water partition coefficient (Wildman–Crippen LogP) is 15.8. The molecular formula is C61H63BN2O. The maximum atomic E-state index is 7.71. The van der Waals surface area contributed by atoms with Gasteiger partial charge >= 0.3 is 6.85 Å². The largest absolute Gasteiger partial charge is 0.466 e. The van der Waals surface area contributed by atoms with E-state index < -0.39 is 0 Å². The lowest BCUT2D eigenvalue weighted by Crippen LogP contribution is -2.61. The van der Waals surface area contributed by atoms with Gasteiger partial charge in [-0.1, -0.05) is 143 Å². The van der Waals surface area contributed by atoms with E-state index in [0.29, 0.717) is 0 Å². The second-order valence-electron chi connectivity index (χ2n) is 24.0. The normalized spacial score (nSPS) is 18.6. The highest BCUT2D eigenvalue weighted by molar-refractivity contribution is 6.93. The summed E-state index contributed by atoms with van der Waals surface area (Å²) in [6.07, 6.45) is 4.64. The number of aryl methyl sites for hydroxylation is 1. The van der Waals surface area contributed by atoms with Crippen LogP contribution in [0.2, 0.25) is 0 Å². The number of fused-ring (bicyclic) bond motifs is 11. The fraction of sp³-hybridized carbons (Fsp3) is 0.344. The molecule has 1 aromatic heterocycles. The Hall–Kier alpha value is -5.74. The van der Waals surface area contributed by atoms with Gasteiger partial charge in [0, 0.05) is 33.4 Å². The number of benzene rings is 7. The summed E-state index contributed by atoms with van der Waals surface area (Å²) in [6.45, 7) is 28.6. The van der Waals surface area contributed by atoms with E-state index in [4.69, 9.17) is 4.42 Å². The summed E-state index contributed by atoms with van der Waals surface area (Å²) < 4.78 is 7.71. The summed E-state index contributed by atoms with van der Waals surface area (Å²) in [5.74, 6) is 0. The Bertz CT molecular complexity index is 3340. The minimum Gasteiger partial charge on any atom is -0.466 e. The van der Waals surface area contributed by atoms with Crippen LogP contribution in [0.1, 0.15) is 135 Å². The van der Waals surface area contributed by atoms with Crippen LogP contribution in [0.25, 0.3) is 43.6 Å². The first-order chi connectivity index (χ1) is 30.7. The number of hydrogen-bond donors (Lipinski definition) is 0. The zero-order valence-corrected chi connectivity index (χ0v) is 40.7. The van der Waals surface area contributed by atoms with Crippen LogP contribution in [0.3, 0.4) is 0 Å². The second-order valence-corrected chi connectivity index (χ2v) is 24.0. The Morgan fingerprint density at radius 2 is 1.06 bits per heavy atom. The molecule has 0 bridgehead atoms. The summed E-state index contributed by atoms with van der Waals surface area (Å²) in [6, 6.07) is 45.0. The Kier molecular flexibility index (Phi) is 8.28. The van der Waals surface area contributed by atoms with Crippen LogP contribution in [-0.4, -0.2) is 6.85 Å². The van der Waals surface area contributed by atoms with E-state index in [1.165, 1.54) is 112 Å². The molecular weight excluding hydrogens is 787 g/mol. The molecule has 0 atom stereocenters. The minimum atomic E-state index is -0.233. The van der Waals surface area contributed by atoms with Crippen LogP contribution in [0.15, 0.2) is 120 Å². The molecule has 2 aliphatic carbocycles. The van der Waals surface area contributed by atoms with E-state index in [9.17, 15) is 0 Å². The average Bonchev–Trinajstić information content (AvgIpc) is 3.64. The molecule has 0 amide bonds. The molecule has 4 heteroatoms. The molecule has 4 aliphatic rings. The van der Waals surface area contributed by atoms with Crippen LogP contribution < -0.4 is 20.8 Å². The molecule has 0 saturated carbocycles. The summed E-state index contributed by atoms with van der Waals surface area (Å²) in [5, 5.41) is 6.20. The first-order valence-electron chi connectivity index (χ1n) is 24.3. The van der Waals surface area contributed by atoms with Gasteiger partial charge in [0.25, 0.3) is 0 Å². The standard InChI is InChI=1S/C61H63BN2O/c1-36-29-46-48(60(9,10)27-25-58(46,5)6)34-50(36)63-54-42-20-16-15-19-39(42)31-44-43-30-37-17-13-14-18-38(37)32-51(43)64(41-23-21-40(22-24-41)57(2,3)4)62(53(44)54)56-55(63)45-33-47-49(35-52(45)65-56)61(11,12)28-26-59(47,7)8/h13-24,29-35H,25-28H2,1-12H3. The molecule has 3 nitrogen and oxygen atoms in total. The molecule has 2 aliphatic heterocycles. The number of anilines is 5. The van der Waals surface area contributed by atoms with Crippen LogP contribution >= 0.6 is 0 Å². The predicted molar refractivity (Wildman–Crippen MR) is 279 cm³/mol. The van der Waals surface area contributed by atoms with Crippen molar-refractivity contribution in [3.8, 4) is 11.1 Å². The maximum absolute atomic E-state index is 7.71. The molecule has 8 aromatic rings. The SMILES string of the molecule is Cc1cc2c(cc1N1c3c4c(cc5ccccc35)-c3cc5ccccc5cc3N(c3ccc(C(C)(C)C)cc3)B4c3oc4cc5c(cc4c31)C(C)(C)CCC5(C)C)C(C)(C)CCC2(C)C. The van der Waals surface area contributed by atoms with E-state index >= 15 is 0 Å². The van der Waals surface area contributed by atoms with Crippen molar-refractivity contribution >= 4 is 78.9 Å². The van der Waals surface area contributed by atoms with Gasteiger partial charge in [-0.25, -0.2) is 0 Å². The van der Waals surface area contributed by atoms with Crippen LogP contribution in [0, 0.1) is 6.92 Å². The molecule has 0 N–H and O–H groups in total. The first kappa shape index (κ1) is 40.8. The molecule has 7 aromatic carbocycles. The molecule has 326 valence electrons. The van der Waals surface area contributed by atoms with Gasteiger partial charge in [0.1, 0.15) is 11.2 Å². The molecule has 0 fully saturated rings. The van der Waals surface area contributed by atoms with Crippen molar-refractivity contribution in [1.82, 2.24) is 0 Å². The monoisotopic (exact) mass is 851 g/mol. The Morgan fingerprint density at radius 3 is 1.69 bits per heavy atom. The maximum Gasteiger partial charge on any atom is 0.375 e. The van der Waals surface area contributed by atoms with Crippen molar-refractivity contribution < 1.29 is 4.42 Å². The number of furan rings is 1. The van der Waals surface area contributed by atoms with Crippen molar-refractivity contribution in [3.63, 3.8) is 0 Å². The summed E-state index contributed by atoms with van der Waals surface area (Å²) in [4.78, 5) is 5.32.